The van der Waals surface area contributed by atoms with Crippen LogP contribution in [0, 0.1) is 10.1 Å². The Balaban J connectivity index is 2.23. The van der Waals surface area contributed by atoms with Gasteiger partial charge in [0, 0.05) is 12.1 Å². The summed E-state index contributed by atoms with van der Waals surface area (Å²) in [4.78, 5) is 10.6. The van der Waals surface area contributed by atoms with Gasteiger partial charge in [0.2, 0.25) is 0 Å². The van der Waals surface area contributed by atoms with Crippen molar-refractivity contribution in [3.63, 3.8) is 0 Å². The Labute approximate surface area is 110 Å². The van der Waals surface area contributed by atoms with Crippen molar-refractivity contribution in [3.8, 4) is 0 Å². The molecule has 3 N–H and O–H groups in total. The molecule has 0 radical (unpaired) electrons. The lowest BCUT2D eigenvalue weighted by molar-refractivity contribution is -0.383. The molecule has 0 bridgehead atoms. The zero-order chi connectivity index (χ0) is 13.1. The lowest BCUT2D eigenvalue weighted by Gasteiger charge is -2.30. The molecule has 0 spiro atoms. The Kier molecular flexibility index (Phi) is 4.04. The number of hydrogen-bond donors (Lipinski definition) is 2. The van der Waals surface area contributed by atoms with Crippen LogP contribution in [0.1, 0.15) is 25.7 Å². The highest BCUT2D eigenvalue weighted by Crippen LogP contribution is 2.34. The van der Waals surface area contributed by atoms with E-state index in [9.17, 15) is 10.1 Å². The van der Waals surface area contributed by atoms with Crippen molar-refractivity contribution < 1.29 is 4.92 Å². The van der Waals surface area contributed by atoms with E-state index in [1.165, 1.54) is 6.07 Å². The molecule has 18 heavy (non-hydrogen) atoms. The fourth-order valence-electron chi connectivity index (χ4n) is 2.36. The zero-order valence-electron chi connectivity index (χ0n) is 9.93. The molecule has 1 saturated carbocycles. The number of nitrogens with one attached hydrogen (secondary N) is 1. The fraction of sp³-hybridized carbons (Fsp3) is 0.500. The highest BCUT2D eigenvalue weighted by Gasteiger charge is 2.25. The van der Waals surface area contributed by atoms with Gasteiger partial charge in [0.05, 0.1) is 4.92 Å². The maximum absolute atomic E-state index is 11.0. The third-order valence-electron chi connectivity index (χ3n) is 3.33. The van der Waals surface area contributed by atoms with Crippen molar-refractivity contribution in [1.82, 2.24) is 0 Å². The lowest BCUT2D eigenvalue weighted by atomic mass is 9.91. The van der Waals surface area contributed by atoms with Crippen LogP contribution in [0.15, 0.2) is 18.2 Å². The van der Waals surface area contributed by atoms with Crippen LogP contribution in [0.4, 0.5) is 11.4 Å². The van der Waals surface area contributed by atoms with Gasteiger partial charge >= 0.3 is 5.69 Å². The van der Waals surface area contributed by atoms with E-state index in [-0.39, 0.29) is 22.8 Å². The van der Waals surface area contributed by atoms with Gasteiger partial charge in [-0.1, -0.05) is 30.5 Å². The molecule has 0 aromatic heterocycles. The summed E-state index contributed by atoms with van der Waals surface area (Å²) in [5, 5.41) is 14.3. The summed E-state index contributed by atoms with van der Waals surface area (Å²) in [7, 11) is 0. The van der Waals surface area contributed by atoms with Crippen LogP contribution in [0.5, 0.6) is 0 Å². The van der Waals surface area contributed by atoms with Gasteiger partial charge in [-0.15, -0.1) is 0 Å². The number of nitro benzene ring substituents is 1. The quantitative estimate of drug-likeness (QED) is 0.653. The van der Waals surface area contributed by atoms with Crippen molar-refractivity contribution in [3.05, 3.63) is 33.3 Å². The molecule has 0 saturated heterocycles. The van der Waals surface area contributed by atoms with Crippen LogP contribution in [0.25, 0.3) is 0 Å². The molecule has 0 amide bonds. The van der Waals surface area contributed by atoms with E-state index in [1.807, 2.05) is 0 Å². The van der Waals surface area contributed by atoms with Gasteiger partial charge in [-0.2, -0.15) is 0 Å². The molecule has 0 heterocycles. The van der Waals surface area contributed by atoms with Gasteiger partial charge in [0.25, 0.3) is 0 Å². The normalized spacial score (nSPS) is 23.7. The van der Waals surface area contributed by atoms with Crippen LogP contribution in [0.3, 0.4) is 0 Å². The summed E-state index contributed by atoms with van der Waals surface area (Å²) >= 11 is 5.87. The molecule has 1 aliphatic rings. The van der Waals surface area contributed by atoms with Gasteiger partial charge in [0.1, 0.15) is 10.7 Å². The Morgan fingerprint density at radius 1 is 1.39 bits per heavy atom. The molecule has 6 heteroatoms. The van der Waals surface area contributed by atoms with Crippen molar-refractivity contribution in [2.75, 3.05) is 5.32 Å². The summed E-state index contributed by atoms with van der Waals surface area (Å²) in [6.45, 7) is 0. The third-order valence-corrected chi connectivity index (χ3v) is 3.63. The maximum atomic E-state index is 11.0. The molecule has 98 valence electrons. The molecule has 1 fully saturated rings. The predicted octanol–water partition coefficient (Wildman–Crippen LogP) is 2.93. The molecule has 1 aromatic rings. The average molecular weight is 270 g/mol. The first-order valence-electron chi connectivity index (χ1n) is 6.04. The summed E-state index contributed by atoms with van der Waals surface area (Å²) < 4.78 is 0. The Morgan fingerprint density at radius 2 is 2.11 bits per heavy atom. The number of nitro groups is 1. The van der Waals surface area contributed by atoms with Gasteiger partial charge in [-0.3, -0.25) is 10.1 Å². The number of anilines is 1. The zero-order valence-corrected chi connectivity index (χ0v) is 10.7. The van der Waals surface area contributed by atoms with Crippen LogP contribution < -0.4 is 11.1 Å². The minimum Gasteiger partial charge on any atom is -0.375 e. The van der Waals surface area contributed by atoms with Crippen molar-refractivity contribution in [2.24, 2.45) is 5.73 Å². The van der Waals surface area contributed by atoms with E-state index in [4.69, 9.17) is 17.3 Å². The summed E-state index contributed by atoms with van der Waals surface area (Å²) in [5.74, 6) is 0. The molecule has 2 rings (SSSR count). The predicted molar refractivity (Wildman–Crippen MR) is 72.0 cm³/mol. The molecular weight excluding hydrogens is 254 g/mol. The van der Waals surface area contributed by atoms with Gasteiger partial charge in [-0.25, -0.2) is 0 Å². The highest BCUT2D eigenvalue weighted by atomic mass is 35.5. The number of benzene rings is 1. The standard InChI is InChI=1S/C12H16ClN3O2/c13-8-4-3-7-11(12(8)16(17)18)15-10-6-2-1-5-9(10)14/h3-4,7,9-10,15H,1-2,5-6,14H2. The topological polar surface area (TPSA) is 81.2 Å². The number of rotatable bonds is 3. The van der Waals surface area contributed by atoms with Crippen LogP contribution >= 0.6 is 11.6 Å². The van der Waals surface area contributed by atoms with Gasteiger partial charge in [0.15, 0.2) is 0 Å². The van der Waals surface area contributed by atoms with Crippen LogP contribution in [-0.2, 0) is 0 Å². The van der Waals surface area contributed by atoms with Crippen LogP contribution in [-0.4, -0.2) is 17.0 Å². The van der Waals surface area contributed by atoms with E-state index in [0.717, 1.165) is 25.7 Å². The second kappa shape index (κ2) is 5.54. The third kappa shape index (κ3) is 2.73. The van der Waals surface area contributed by atoms with E-state index in [0.29, 0.717) is 5.69 Å². The summed E-state index contributed by atoms with van der Waals surface area (Å²) in [6.07, 6.45) is 4.10. The highest BCUT2D eigenvalue weighted by molar-refractivity contribution is 6.33. The molecule has 2 unspecified atom stereocenters. The second-order valence-corrected chi connectivity index (χ2v) is 5.00. The summed E-state index contributed by atoms with van der Waals surface area (Å²) in [5.41, 5.74) is 6.41. The number of para-hydroxylation sites is 1. The molecule has 2 atom stereocenters. The molecule has 0 aliphatic heterocycles. The Bertz CT molecular complexity index is 453. The van der Waals surface area contributed by atoms with Crippen LogP contribution in [0.2, 0.25) is 5.02 Å². The van der Waals surface area contributed by atoms with E-state index in [1.54, 1.807) is 12.1 Å². The largest absolute Gasteiger partial charge is 0.375 e. The Hall–Kier alpha value is -1.33. The van der Waals surface area contributed by atoms with E-state index >= 15 is 0 Å². The number of nitrogens with two attached hydrogens (primary N) is 1. The first-order valence-corrected chi connectivity index (χ1v) is 6.42. The average Bonchev–Trinajstić information content (AvgIpc) is 2.31. The molecule has 1 aliphatic carbocycles. The fourth-order valence-corrected chi connectivity index (χ4v) is 2.60. The smallest absolute Gasteiger partial charge is 0.310 e. The monoisotopic (exact) mass is 269 g/mol. The van der Waals surface area contributed by atoms with E-state index in [2.05, 4.69) is 5.32 Å². The van der Waals surface area contributed by atoms with Crippen molar-refractivity contribution >= 4 is 23.0 Å². The second-order valence-electron chi connectivity index (χ2n) is 4.59. The SMILES string of the molecule is NC1CCCCC1Nc1cccc(Cl)c1[N+](=O)[O-]. The number of halogens is 1. The number of hydrogen-bond acceptors (Lipinski definition) is 4. The number of nitrogens with zero attached hydrogens (tertiary/aromatic N) is 1. The summed E-state index contributed by atoms with van der Waals surface area (Å²) in [6, 6.07) is 5.01. The minimum absolute atomic E-state index is 0.0392. The molecular formula is C12H16ClN3O2. The first-order chi connectivity index (χ1) is 8.59. The Morgan fingerprint density at radius 3 is 2.78 bits per heavy atom. The van der Waals surface area contributed by atoms with Crippen molar-refractivity contribution in [2.45, 2.75) is 37.8 Å². The lowest BCUT2D eigenvalue weighted by Crippen LogP contribution is -2.42. The maximum Gasteiger partial charge on any atom is 0.310 e. The van der Waals surface area contributed by atoms with Gasteiger partial charge in [-0.05, 0) is 25.0 Å². The first kappa shape index (κ1) is 13.1. The van der Waals surface area contributed by atoms with Gasteiger partial charge < -0.3 is 11.1 Å². The van der Waals surface area contributed by atoms with E-state index < -0.39 is 4.92 Å². The van der Waals surface area contributed by atoms with Crippen molar-refractivity contribution in [1.29, 1.82) is 0 Å². The molecule has 1 aromatic carbocycles. The molecule has 5 nitrogen and oxygen atoms in total. The minimum atomic E-state index is -0.459.